The van der Waals surface area contributed by atoms with Gasteiger partial charge in [-0.25, -0.2) is 0 Å². The Kier molecular flexibility index (Phi) is 6.69. The van der Waals surface area contributed by atoms with Crippen LogP contribution in [0.4, 0.5) is 0 Å². The quantitative estimate of drug-likeness (QED) is 0.760. The van der Waals surface area contributed by atoms with Crippen LogP contribution in [0.1, 0.15) is 18.4 Å². The van der Waals surface area contributed by atoms with Crippen LogP contribution in [0, 0.1) is 5.92 Å². The second kappa shape index (κ2) is 9.01. The number of ether oxygens (including phenoxy) is 2. The average molecular weight is 397 g/mol. The van der Waals surface area contributed by atoms with Crippen molar-refractivity contribution in [1.82, 2.24) is 13.9 Å². The lowest BCUT2D eigenvalue weighted by Crippen LogP contribution is -2.52. The number of nitrogens with zero attached hydrogens (tertiary/aromatic N) is 2. The van der Waals surface area contributed by atoms with Crippen LogP contribution in [0.25, 0.3) is 0 Å². The molecule has 3 rings (SSSR count). The predicted molar refractivity (Wildman–Crippen MR) is 100 cm³/mol. The number of methoxy groups -OCH3 is 1. The monoisotopic (exact) mass is 397 g/mol. The van der Waals surface area contributed by atoms with Crippen molar-refractivity contribution in [3.05, 3.63) is 29.8 Å². The maximum atomic E-state index is 12.8. The van der Waals surface area contributed by atoms with Gasteiger partial charge in [0, 0.05) is 32.7 Å². The molecule has 2 fully saturated rings. The molecule has 1 aromatic carbocycles. The fourth-order valence-electron chi connectivity index (χ4n) is 3.42. The van der Waals surface area contributed by atoms with Crippen molar-refractivity contribution in [2.75, 3.05) is 46.5 Å². The second-order valence-electron chi connectivity index (χ2n) is 6.79. The fourth-order valence-corrected chi connectivity index (χ4v) is 5.09. The molecule has 2 aliphatic heterocycles. The second-order valence-corrected chi connectivity index (χ2v) is 8.71. The molecule has 2 saturated heterocycles. The largest absolute Gasteiger partial charge is 0.497 e. The van der Waals surface area contributed by atoms with Crippen molar-refractivity contribution < 1.29 is 22.7 Å². The maximum Gasteiger partial charge on any atom is 0.282 e. The number of carbonyl (C=O) groups is 1. The van der Waals surface area contributed by atoms with E-state index in [2.05, 4.69) is 5.32 Å². The van der Waals surface area contributed by atoms with Gasteiger partial charge in [0.15, 0.2) is 0 Å². The van der Waals surface area contributed by atoms with Gasteiger partial charge in [-0.15, -0.1) is 0 Å². The first kappa shape index (κ1) is 20.1. The summed E-state index contributed by atoms with van der Waals surface area (Å²) in [5.41, 5.74) is 0.941. The molecule has 1 atom stereocenters. The molecule has 0 aromatic heterocycles. The first-order valence-electron chi connectivity index (χ1n) is 9.24. The van der Waals surface area contributed by atoms with Gasteiger partial charge in [-0.05, 0) is 30.5 Å². The third kappa shape index (κ3) is 4.98. The van der Waals surface area contributed by atoms with Crippen LogP contribution >= 0.6 is 0 Å². The Balaban J connectivity index is 1.57. The highest BCUT2D eigenvalue weighted by Crippen LogP contribution is 2.22. The van der Waals surface area contributed by atoms with Gasteiger partial charge < -0.3 is 14.8 Å². The van der Waals surface area contributed by atoms with Crippen molar-refractivity contribution in [2.24, 2.45) is 5.92 Å². The summed E-state index contributed by atoms with van der Waals surface area (Å²) in [6.45, 7) is 2.64. The molecular formula is C18H27N3O5S. The summed E-state index contributed by atoms with van der Waals surface area (Å²) >= 11 is 0. The Labute approximate surface area is 160 Å². The van der Waals surface area contributed by atoms with E-state index < -0.39 is 10.2 Å². The first-order chi connectivity index (χ1) is 13.0. The topological polar surface area (TPSA) is 88.2 Å². The normalized spacial score (nSPS) is 22.3. The van der Waals surface area contributed by atoms with E-state index in [-0.39, 0.29) is 18.4 Å². The highest BCUT2D eigenvalue weighted by Gasteiger charge is 2.36. The van der Waals surface area contributed by atoms with E-state index in [4.69, 9.17) is 9.47 Å². The molecule has 0 saturated carbocycles. The van der Waals surface area contributed by atoms with Crippen LogP contribution in [0.15, 0.2) is 24.3 Å². The molecule has 2 heterocycles. The van der Waals surface area contributed by atoms with E-state index in [1.165, 1.54) is 8.61 Å². The van der Waals surface area contributed by atoms with Crippen LogP contribution in [-0.2, 0) is 26.3 Å². The molecule has 1 aromatic rings. The van der Waals surface area contributed by atoms with E-state index in [0.29, 0.717) is 52.2 Å². The lowest BCUT2D eigenvalue weighted by Gasteiger charge is -2.36. The smallest absolute Gasteiger partial charge is 0.282 e. The Bertz CT molecular complexity index is 749. The van der Waals surface area contributed by atoms with E-state index in [1.54, 1.807) is 7.11 Å². The zero-order chi connectivity index (χ0) is 19.3. The lowest BCUT2D eigenvalue weighted by molar-refractivity contribution is -0.126. The molecule has 1 N–H and O–H groups in total. The summed E-state index contributed by atoms with van der Waals surface area (Å²) in [6.07, 6.45) is 1.37. The minimum absolute atomic E-state index is 0.111. The zero-order valence-corrected chi connectivity index (χ0v) is 16.4. The third-order valence-electron chi connectivity index (χ3n) is 4.98. The van der Waals surface area contributed by atoms with E-state index >= 15 is 0 Å². The minimum Gasteiger partial charge on any atom is -0.497 e. The first-order valence-corrected chi connectivity index (χ1v) is 10.6. The van der Waals surface area contributed by atoms with Gasteiger partial charge in [-0.2, -0.15) is 17.0 Å². The summed E-state index contributed by atoms with van der Waals surface area (Å²) in [4.78, 5) is 12.6. The SMILES string of the molecule is COc1cccc(CNC(=O)C2CCCN(S(=O)(=O)N3CCOCC3)C2)c1. The van der Waals surface area contributed by atoms with Crippen LogP contribution in [0.3, 0.4) is 0 Å². The van der Waals surface area contributed by atoms with Crippen molar-refractivity contribution in [2.45, 2.75) is 19.4 Å². The molecule has 1 amide bonds. The fraction of sp³-hybridized carbons (Fsp3) is 0.611. The van der Waals surface area contributed by atoms with Crippen LogP contribution < -0.4 is 10.1 Å². The minimum atomic E-state index is -3.54. The summed E-state index contributed by atoms with van der Waals surface area (Å²) in [6, 6.07) is 7.51. The van der Waals surface area contributed by atoms with Crippen molar-refractivity contribution >= 4 is 16.1 Å². The van der Waals surface area contributed by atoms with E-state index in [1.807, 2.05) is 24.3 Å². The molecule has 8 nitrogen and oxygen atoms in total. The highest BCUT2D eigenvalue weighted by molar-refractivity contribution is 7.86. The number of piperidine rings is 1. The highest BCUT2D eigenvalue weighted by atomic mass is 32.2. The molecule has 0 aliphatic carbocycles. The van der Waals surface area contributed by atoms with Crippen LogP contribution in [0.5, 0.6) is 5.75 Å². The van der Waals surface area contributed by atoms with Crippen molar-refractivity contribution in [3.8, 4) is 5.75 Å². The van der Waals surface area contributed by atoms with E-state index in [0.717, 1.165) is 11.3 Å². The molecule has 0 bridgehead atoms. The zero-order valence-electron chi connectivity index (χ0n) is 15.6. The summed E-state index contributed by atoms with van der Waals surface area (Å²) in [5.74, 6) is 0.294. The summed E-state index contributed by atoms with van der Waals surface area (Å²) < 4.78 is 38.9. The number of benzene rings is 1. The number of hydrogen-bond donors (Lipinski definition) is 1. The van der Waals surface area contributed by atoms with Crippen molar-refractivity contribution in [3.63, 3.8) is 0 Å². The van der Waals surface area contributed by atoms with Gasteiger partial charge in [-0.1, -0.05) is 12.1 Å². The lowest BCUT2D eigenvalue weighted by atomic mass is 9.99. The summed E-state index contributed by atoms with van der Waals surface area (Å²) in [5, 5.41) is 2.92. The number of morpholine rings is 1. The third-order valence-corrected chi connectivity index (χ3v) is 6.98. The standard InChI is InChI=1S/C18H27N3O5S/c1-25-17-6-2-4-15(12-17)13-19-18(22)16-5-3-7-21(14-16)27(23,24)20-8-10-26-11-9-20/h2,4,6,12,16H,3,5,7-11,13-14H2,1H3,(H,19,22). The molecule has 9 heteroatoms. The van der Waals surface area contributed by atoms with Crippen molar-refractivity contribution in [1.29, 1.82) is 0 Å². The van der Waals surface area contributed by atoms with Gasteiger partial charge in [-0.3, -0.25) is 4.79 Å². The molecule has 0 spiro atoms. The Morgan fingerprint density at radius 2 is 2.04 bits per heavy atom. The van der Waals surface area contributed by atoms with Gasteiger partial charge >= 0.3 is 0 Å². The van der Waals surface area contributed by atoms with Gasteiger partial charge in [0.1, 0.15) is 5.75 Å². The molecule has 27 heavy (non-hydrogen) atoms. The molecule has 2 aliphatic rings. The van der Waals surface area contributed by atoms with Crippen LogP contribution in [0.2, 0.25) is 0 Å². The number of nitrogens with one attached hydrogen (secondary N) is 1. The average Bonchev–Trinajstić information content (AvgIpc) is 2.73. The summed E-state index contributed by atoms with van der Waals surface area (Å²) in [7, 11) is -1.94. The van der Waals surface area contributed by atoms with Gasteiger partial charge in [0.05, 0.1) is 26.2 Å². The number of carbonyl (C=O) groups excluding carboxylic acids is 1. The Morgan fingerprint density at radius 1 is 1.26 bits per heavy atom. The molecular weight excluding hydrogens is 370 g/mol. The predicted octanol–water partition coefficient (Wildman–Crippen LogP) is 0.600. The maximum absolute atomic E-state index is 12.8. The Hall–Kier alpha value is -1.68. The van der Waals surface area contributed by atoms with Crippen LogP contribution in [-0.4, -0.2) is 69.4 Å². The Morgan fingerprint density at radius 3 is 2.78 bits per heavy atom. The number of rotatable bonds is 6. The van der Waals surface area contributed by atoms with E-state index in [9.17, 15) is 13.2 Å². The number of hydrogen-bond acceptors (Lipinski definition) is 5. The molecule has 0 radical (unpaired) electrons. The number of amides is 1. The van der Waals surface area contributed by atoms with Gasteiger partial charge in [0.25, 0.3) is 10.2 Å². The van der Waals surface area contributed by atoms with Gasteiger partial charge in [0.2, 0.25) is 5.91 Å². The molecule has 1 unspecified atom stereocenters. The molecule has 150 valence electrons.